The summed E-state index contributed by atoms with van der Waals surface area (Å²) in [5, 5.41) is 0. The Labute approximate surface area is 208 Å². The van der Waals surface area contributed by atoms with Crippen molar-refractivity contribution in [2.75, 3.05) is 39.9 Å². The fourth-order valence-electron chi connectivity index (χ4n) is 3.77. The van der Waals surface area contributed by atoms with E-state index in [1.165, 1.54) is 40.6 Å². The van der Waals surface area contributed by atoms with Gasteiger partial charge in [0.25, 0.3) is 0 Å². The van der Waals surface area contributed by atoms with Gasteiger partial charge in [0.2, 0.25) is 5.91 Å². The van der Waals surface area contributed by atoms with Gasteiger partial charge in [0, 0.05) is 23.9 Å². The van der Waals surface area contributed by atoms with Gasteiger partial charge >= 0.3 is 6.18 Å². The van der Waals surface area contributed by atoms with E-state index in [0.29, 0.717) is 46.2 Å². The molecule has 3 aromatic rings. The summed E-state index contributed by atoms with van der Waals surface area (Å²) in [7, 11) is 6.07. The number of halogens is 3. The fourth-order valence-corrected chi connectivity index (χ4v) is 3.77. The Kier molecular flexibility index (Phi) is 8.68. The number of hydrogen-bond acceptors (Lipinski definition) is 5. The summed E-state index contributed by atoms with van der Waals surface area (Å²) in [5.41, 5.74) is 1.15. The summed E-state index contributed by atoms with van der Waals surface area (Å²) in [4.78, 5) is 15.1. The van der Waals surface area contributed by atoms with Gasteiger partial charge in [-0.1, -0.05) is 12.1 Å². The van der Waals surface area contributed by atoms with Gasteiger partial charge in [-0.25, -0.2) is 0 Å². The standard InChI is InChI=1S/C27H28F3NO5/c1-33-22-10-12-23(34-2)19(15-22)16-26(32)31(21-9-11-24(35-3)25(17-21)36-4)14-13-18-5-7-20(8-6-18)27(28,29)30/h5-12,15,17H,13-14,16H2,1-4H3. The lowest BCUT2D eigenvalue weighted by molar-refractivity contribution is -0.137. The normalized spacial score (nSPS) is 11.1. The van der Waals surface area contributed by atoms with Crippen LogP contribution in [0.3, 0.4) is 0 Å². The third kappa shape index (κ3) is 6.41. The summed E-state index contributed by atoms with van der Waals surface area (Å²) >= 11 is 0. The summed E-state index contributed by atoms with van der Waals surface area (Å²) in [6.45, 7) is 0.228. The van der Waals surface area contributed by atoms with Crippen LogP contribution >= 0.6 is 0 Å². The molecular weight excluding hydrogens is 475 g/mol. The molecule has 3 rings (SSSR count). The van der Waals surface area contributed by atoms with Gasteiger partial charge in [0.05, 0.1) is 40.4 Å². The summed E-state index contributed by atoms with van der Waals surface area (Å²) in [6, 6.07) is 15.2. The Morgan fingerprint density at radius 1 is 0.778 bits per heavy atom. The molecule has 192 valence electrons. The van der Waals surface area contributed by atoms with Gasteiger partial charge in [-0.05, 0) is 54.4 Å². The molecule has 0 radical (unpaired) electrons. The minimum Gasteiger partial charge on any atom is -0.497 e. The van der Waals surface area contributed by atoms with Crippen LogP contribution in [0.1, 0.15) is 16.7 Å². The minimum absolute atomic E-state index is 0.0156. The van der Waals surface area contributed by atoms with E-state index in [-0.39, 0.29) is 18.9 Å². The van der Waals surface area contributed by atoms with Gasteiger partial charge in [0.15, 0.2) is 11.5 Å². The zero-order valence-electron chi connectivity index (χ0n) is 20.5. The number of carbonyl (C=O) groups is 1. The van der Waals surface area contributed by atoms with E-state index < -0.39 is 11.7 Å². The van der Waals surface area contributed by atoms with Crippen LogP contribution in [0.4, 0.5) is 18.9 Å². The van der Waals surface area contributed by atoms with Crippen LogP contribution in [-0.2, 0) is 23.8 Å². The third-order valence-electron chi connectivity index (χ3n) is 5.71. The minimum atomic E-state index is -4.41. The van der Waals surface area contributed by atoms with Crippen LogP contribution in [0.2, 0.25) is 0 Å². The molecule has 0 aliphatic heterocycles. The molecule has 0 saturated carbocycles. The topological polar surface area (TPSA) is 57.2 Å². The SMILES string of the molecule is COc1ccc(OC)c(CC(=O)N(CCc2ccc(C(F)(F)F)cc2)c2ccc(OC)c(OC)c2)c1. The quantitative estimate of drug-likeness (QED) is 0.363. The van der Waals surface area contributed by atoms with E-state index >= 15 is 0 Å². The Hall–Kier alpha value is -3.88. The van der Waals surface area contributed by atoms with Crippen molar-refractivity contribution in [3.63, 3.8) is 0 Å². The number of anilines is 1. The highest BCUT2D eigenvalue weighted by molar-refractivity contribution is 5.95. The predicted octanol–water partition coefficient (Wildman–Crippen LogP) is 5.56. The maximum Gasteiger partial charge on any atom is 0.416 e. The van der Waals surface area contributed by atoms with Crippen LogP contribution in [-0.4, -0.2) is 40.9 Å². The van der Waals surface area contributed by atoms with Gasteiger partial charge in [-0.15, -0.1) is 0 Å². The molecule has 0 fully saturated rings. The molecule has 9 heteroatoms. The Balaban J connectivity index is 1.91. The number of rotatable bonds is 10. The number of alkyl halides is 3. The van der Waals surface area contributed by atoms with E-state index in [1.54, 1.807) is 41.3 Å². The van der Waals surface area contributed by atoms with Crippen molar-refractivity contribution in [1.29, 1.82) is 0 Å². The van der Waals surface area contributed by atoms with Crippen molar-refractivity contribution in [3.8, 4) is 23.0 Å². The van der Waals surface area contributed by atoms with Crippen LogP contribution in [0, 0.1) is 0 Å². The molecular formula is C27H28F3NO5. The largest absolute Gasteiger partial charge is 0.497 e. The highest BCUT2D eigenvalue weighted by atomic mass is 19.4. The summed E-state index contributed by atoms with van der Waals surface area (Å²) in [5.74, 6) is 1.84. The number of nitrogens with zero attached hydrogens (tertiary/aromatic N) is 1. The molecule has 0 saturated heterocycles. The molecule has 0 aliphatic carbocycles. The average Bonchev–Trinajstić information content (AvgIpc) is 2.88. The monoisotopic (exact) mass is 503 g/mol. The smallest absolute Gasteiger partial charge is 0.416 e. The lowest BCUT2D eigenvalue weighted by Gasteiger charge is -2.25. The van der Waals surface area contributed by atoms with E-state index in [1.807, 2.05) is 0 Å². The first-order valence-corrected chi connectivity index (χ1v) is 11.1. The maximum absolute atomic E-state index is 13.6. The highest BCUT2D eigenvalue weighted by Gasteiger charge is 2.30. The fraction of sp³-hybridized carbons (Fsp3) is 0.296. The number of carbonyl (C=O) groups excluding carboxylic acids is 1. The molecule has 0 atom stereocenters. The third-order valence-corrected chi connectivity index (χ3v) is 5.71. The molecule has 0 spiro atoms. The van der Waals surface area contributed by atoms with Gasteiger partial charge in [0.1, 0.15) is 11.5 Å². The summed E-state index contributed by atoms with van der Waals surface area (Å²) in [6.07, 6.45) is -4.05. The Morgan fingerprint density at radius 3 is 2.00 bits per heavy atom. The van der Waals surface area contributed by atoms with Crippen molar-refractivity contribution in [3.05, 3.63) is 77.4 Å². The van der Waals surface area contributed by atoms with Crippen LogP contribution < -0.4 is 23.8 Å². The molecule has 0 aliphatic rings. The Morgan fingerprint density at radius 2 is 1.42 bits per heavy atom. The van der Waals surface area contributed by atoms with Gasteiger partial charge in [-0.2, -0.15) is 13.2 Å². The van der Waals surface area contributed by atoms with E-state index in [0.717, 1.165) is 12.1 Å². The van der Waals surface area contributed by atoms with Gasteiger partial charge < -0.3 is 23.8 Å². The zero-order valence-corrected chi connectivity index (χ0v) is 20.5. The number of amides is 1. The molecule has 1 amide bonds. The van der Waals surface area contributed by atoms with E-state index in [4.69, 9.17) is 18.9 Å². The van der Waals surface area contributed by atoms with Crippen LogP contribution in [0.15, 0.2) is 60.7 Å². The van der Waals surface area contributed by atoms with Crippen LogP contribution in [0.25, 0.3) is 0 Å². The van der Waals surface area contributed by atoms with E-state index in [2.05, 4.69) is 0 Å². The van der Waals surface area contributed by atoms with Crippen molar-refractivity contribution in [1.82, 2.24) is 0 Å². The summed E-state index contributed by atoms with van der Waals surface area (Å²) < 4.78 is 60.2. The lowest BCUT2D eigenvalue weighted by Crippen LogP contribution is -2.34. The number of benzene rings is 3. The maximum atomic E-state index is 13.6. The Bertz CT molecular complexity index is 1180. The second-order valence-electron chi connectivity index (χ2n) is 7.88. The lowest BCUT2D eigenvalue weighted by atomic mass is 10.1. The first-order valence-electron chi connectivity index (χ1n) is 11.1. The molecule has 3 aromatic carbocycles. The first-order chi connectivity index (χ1) is 17.2. The first kappa shape index (κ1) is 26.7. The van der Waals surface area contributed by atoms with Crippen LogP contribution in [0.5, 0.6) is 23.0 Å². The molecule has 0 N–H and O–H groups in total. The van der Waals surface area contributed by atoms with Gasteiger partial charge in [-0.3, -0.25) is 4.79 Å². The molecule has 6 nitrogen and oxygen atoms in total. The van der Waals surface area contributed by atoms with Crippen molar-refractivity contribution >= 4 is 11.6 Å². The number of hydrogen-bond donors (Lipinski definition) is 0. The molecule has 0 heterocycles. The number of methoxy groups -OCH3 is 4. The average molecular weight is 504 g/mol. The molecule has 0 aromatic heterocycles. The second kappa shape index (κ2) is 11.7. The predicted molar refractivity (Wildman–Crippen MR) is 130 cm³/mol. The van der Waals surface area contributed by atoms with Crippen molar-refractivity contribution in [2.45, 2.75) is 19.0 Å². The molecule has 0 bridgehead atoms. The van der Waals surface area contributed by atoms with Crippen molar-refractivity contribution in [2.24, 2.45) is 0 Å². The highest BCUT2D eigenvalue weighted by Crippen LogP contribution is 2.33. The second-order valence-corrected chi connectivity index (χ2v) is 7.88. The number of ether oxygens (including phenoxy) is 4. The zero-order chi connectivity index (χ0) is 26.3. The molecule has 36 heavy (non-hydrogen) atoms. The molecule has 0 unspecified atom stereocenters. The van der Waals surface area contributed by atoms with Crippen molar-refractivity contribution < 1.29 is 36.9 Å². The van der Waals surface area contributed by atoms with E-state index in [9.17, 15) is 18.0 Å².